The summed E-state index contributed by atoms with van der Waals surface area (Å²) < 4.78 is 5.91. The van der Waals surface area contributed by atoms with Gasteiger partial charge in [-0.1, -0.05) is 29.8 Å². The number of hydrogen-bond acceptors (Lipinski definition) is 3. The Kier molecular flexibility index (Phi) is 2.86. The second-order valence-corrected chi connectivity index (χ2v) is 4.65. The van der Waals surface area contributed by atoms with Gasteiger partial charge in [-0.15, -0.1) is 0 Å². The van der Waals surface area contributed by atoms with E-state index in [1.807, 2.05) is 36.4 Å². The van der Waals surface area contributed by atoms with E-state index in [4.69, 9.17) is 22.1 Å². The molecule has 0 saturated heterocycles. The maximum Gasteiger partial charge on any atom is 0.152 e. The summed E-state index contributed by atoms with van der Waals surface area (Å²) in [5.41, 5.74) is 7.80. The maximum absolute atomic E-state index is 5.99. The van der Waals surface area contributed by atoms with E-state index in [9.17, 15) is 0 Å². The highest BCUT2D eigenvalue weighted by atomic mass is 35.5. The molecule has 1 aliphatic heterocycles. The van der Waals surface area contributed by atoms with Crippen molar-refractivity contribution in [3.05, 3.63) is 53.1 Å². The Balaban J connectivity index is 2.13. The molecule has 2 aromatic carbocycles. The lowest BCUT2D eigenvalue weighted by atomic mass is 10.1. The number of benzene rings is 2. The molecule has 0 fully saturated rings. The van der Waals surface area contributed by atoms with E-state index in [2.05, 4.69) is 5.32 Å². The zero-order valence-electron chi connectivity index (χ0n) is 9.69. The summed E-state index contributed by atoms with van der Waals surface area (Å²) in [5, 5.41) is 4.04. The first-order valence-corrected chi connectivity index (χ1v) is 6.18. The van der Waals surface area contributed by atoms with Crippen LogP contribution in [0.25, 0.3) is 0 Å². The average molecular weight is 261 g/mol. The second-order valence-electron chi connectivity index (χ2n) is 4.21. The summed E-state index contributed by atoms with van der Waals surface area (Å²) in [6.07, 6.45) is 0. The number of anilines is 1. The van der Waals surface area contributed by atoms with Gasteiger partial charge in [0.15, 0.2) is 5.75 Å². The fourth-order valence-electron chi connectivity index (χ4n) is 2.13. The van der Waals surface area contributed by atoms with E-state index >= 15 is 0 Å². The monoisotopic (exact) mass is 260 g/mol. The number of para-hydroxylation sites is 1. The van der Waals surface area contributed by atoms with Gasteiger partial charge in [0.05, 0.1) is 11.7 Å². The normalized spacial score (nSPS) is 16.9. The molecule has 1 aliphatic rings. The van der Waals surface area contributed by atoms with Crippen LogP contribution in [-0.4, -0.2) is 6.54 Å². The minimum absolute atomic E-state index is 0.0450. The van der Waals surface area contributed by atoms with Crippen LogP contribution in [0.4, 0.5) is 5.69 Å². The van der Waals surface area contributed by atoms with E-state index in [1.54, 1.807) is 6.07 Å². The first-order chi connectivity index (χ1) is 8.78. The molecule has 92 valence electrons. The molecule has 0 bridgehead atoms. The SMILES string of the molecule is NCC1Nc2ccc(Cl)cc2Oc2ccccc21. The van der Waals surface area contributed by atoms with Crippen molar-refractivity contribution in [2.45, 2.75) is 6.04 Å². The molecule has 3 rings (SSSR count). The fourth-order valence-corrected chi connectivity index (χ4v) is 2.29. The highest BCUT2D eigenvalue weighted by molar-refractivity contribution is 6.30. The predicted molar refractivity (Wildman–Crippen MR) is 73.4 cm³/mol. The van der Waals surface area contributed by atoms with Gasteiger partial charge >= 0.3 is 0 Å². The predicted octanol–water partition coefficient (Wildman–Crippen LogP) is 3.56. The van der Waals surface area contributed by atoms with Gasteiger partial charge in [-0.25, -0.2) is 0 Å². The van der Waals surface area contributed by atoms with E-state index < -0.39 is 0 Å². The van der Waals surface area contributed by atoms with Crippen LogP contribution in [0.3, 0.4) is 0 Å². The Morgan fingerprint density at radius 1 is 1.17 bits per heavy atom. The standard InChI is InChI=1S/C14H13ClN2O/c15-9-5-6-11-14(7-9)18-13-4-2-1-3-10(13)12(8-16)17-11/h1-7,12,17H,8,16H2. The van der Waals surface area contributed by atoms with Gasteiger partial charge in [-0.3, -0.25) is 0 Å². The molecular weight excluding hydrogens is 248 g/mol. The number of rotatable bonds is 1. The van der Waals surface area contributed by atoms with Crippen LogP contribution in [-0.2, 0) is 0 Å². The van der Waals surface area contributed by atoms with Crippen LogP contribution in [0.5, 0.6) is 11.5 Å². The van der Waals surface area contributed by atoms with E-state index in [-0.39, 0.29) is 6.04 Å². The van der Waals surface area contributed by atoms with Gasteiger partial charge in [0, 0.05) is 23.2 Å². The van der Waals surface area contributed by atoms with Gasteiger partial charge in [0.1, 0.15) is 5.75 Å². The maximum atomic E-state index is 5.99. The molecule has 3 N–H and O–H groups in total. The molecule has 0 amide bonds. The molecule has 18 heavy (non-hydrogen) atoms. The first-order valence-electron chi connectivity index (χ1n) is 5.81. The summed E-state index contributed by atoms with van der Waals surface area (Å²) in [6.45, 7) is 0.502. The van der Waals surface area contributed by atoms with E-state index in [0.29, 0.717) is 11.6 Å². The molecule has 4 heteroatoms. The highest BCUT2D eigenvalue weighted by Crippen LogP contribution is 2.40. The number of nitrogens with one attached hydrogen (secondary N) is 1. The van der Waals surface area contributed by atoms with Crippen LogP contribution in [0.1, 0.15) is 11.6 Å². The second kappa shape index (κ2) is 4.52. The van der Waals surface area contributed by atoms with Crippen LogP contribution in [0.15, 0.2) is 42.5 Å². The van der Waals surface area contributed by atoms with Crippen LogP contribution < -0.4 is 15.8 Å². The molecule has 1 heterocycles. The zero-order chi connectivity index (χ0) is 12.5. The fraction of sp³-hybridized carbons (Fsp3) is 0.143. The number of halogens is 1. The van der Waals surface area contributed by atoms with Gasteiger partial charge in [-0.2, -0.15) is 0 Å². The van der Waals surface area contributed by atoms with Crippen molar-refractivity contribution in [3.8, 4) is 11.5 Å². The summed E-state index contributed by atoms with van der Waals surface area (Å²) >= 11 is 5.99. The lowest BCUT2D eigenvalue weighted by molar-refractivity contribution is 0.482. The van der Waals surface area contributed by atoms with Crippen molar-refractivity contribution >= 4 is 17.3 Å². The van der Waals surface area contributed by atoms with Crippen molar-refractivity contribution in [1.82, 2.24) is 0 Å². The summed E-state index contributed by atoms with van der Waals surface area (Å²) in [4.78, 5) is 0. The summed E-state index contributed by atoms with van der Waals surface area (Å²) in [6, 6.07) is 13.5. The van der Waals surface area contributed by atoms with Gasteiger partial charge < -0.3 is 15.8 Å². The third-order valence-corrected chi connectivity index (χ3v) is 3.26. The molecule has 0 radical (unpaired) electrons. The van der Waals surface area contributed by atoms with Crippen molar-refractivity contribution in [3.63, 3.8) is 0 Å². The minimum Gasteiger partial charge on any atom is -0.455 e. The quantitative estimate of drug-likeness (QED) is 0.824. The van der Waals surface area contributed by atoms with Crippen molar-refractivity contribution in [1.29, 1.82) is 0 Å². The van der Waals surface area contributed by atoms with Crippen LogP contribution in [0, 0.1) is 0 Å². The lowest BCUT2D eigenvalue weighted by Crippen LogP contribution is -2.19. The Morgan fingerprint density at radius 3 is 2.83 bits per heavy atom. The summed E-state index contributed by atoms with van der Waals surface area (Å²) in [7, 11) is 0. The number of nitrogens with two attached hydrogens (primary N) is 1. The van der Waals surface area contributed by atoms with Gasteiger partial charge in [-0.05, 0) is 18.2 Å². The molecule has 0 saturated carbocycles. The van der Waals surface area contributed by atoms with Crippen molar-refractivity contribution < 1.29 is 4.74 Å². The molecule has 0 aromatic heterocycles. The first kappa shape index (κ1) is 11.4. The lowest BCUT2D eigenvalue weighted by Gasteiger charge is -2.16. The Labute approximate surface area is 111 Å². The van der Waals surface area contributed by atoms with Crippen molar-refractivity contribution in [2.75, 3.05) is 11.9 Å². The molecule has 2 aromatic rings. The largest absolute Gasteiger partial charge is 0.455 e. The molecule has 3 nitrogen and oxygen atoms in total. The molecule has 0 aliphatic carbocycles. The zero-order valence-corrected chi connectivity index (χ0v) is 10.4. The Bertz CT molecular complexity index is 586. The molecular formula is C14H13ClN2O. The third-order valence-electron chi connectivity index (χ3n) is 3.02. The van der Waals surface area contributed by atoms with Crippen LogP contribution >= 0.6 is 11.6 Å². The third kappa shape index (κ3) is 1.92. The highest BCUT2D eigenvalue weighted by Gasteiger charge is 2.21. The number of ether oxygens (including phenoxy) is 1. The smallest absolute Gasteiger partial charge is 0.152 e. The van der Waals surface area contributed by atoms with E-state index in [1.165, 1.54) is 0 Å². The molecule has 1 unspecified atom stereocenters. The Morgan fingerprint density at radius 2 is 2.00 bits per heavy atom. The Hall–Kier alpha value is -1.71. The van der Waals surface area contributed by atoms with Gasteiger partial charge in [0.25, 0.3) is 0 Å². The minimum atomic E-state index is 0.0450. The topological polar surface area (TPSA) is 47.3 Å². The summed E-state index contributed by atoms with van der Waals surface area (Å²) in [5.74, 6) is 1.55. The van der Waals surface area contributed by atoms with Crippen molar-refractivity contribution in [2.24, 2.45) is 5.73 Å². The molecule has 0 spiro atoms. The number of hydrogen-bond donors (Lipinski definition) is 2. The number of fused-ring (bicyclic) bond motifs is 2. The van der Waals surface area contributed by atoms with E-state index in [0.717, 1.165) is 22.7 Å². The average Bonchev–Trinajstić information content (AvgIpc) is 2.54. The van der Waals surface area contributed by atoms with Gasteiger partial charge in [0.2, 0.25) is 0 Å². The molecule has 1 atom stereocenters. The van der Waals surface area contributed by atoms with Crippen LogP contribution in [0.2, 0.25) is 5.02 Å².